The van der Waals surface area contributed by atoms with E-state index in [9.17, 15) is 14.7 Å². The smallest absolute Gasteiger partial charge is 0.315 e. The number of aliphatic hydroxyl groups is 1. The lowest BCUT2D eigenvalue weighted by atomic mass is 9.61. The average Bonchev–Trinajstić information content (AvgIpc) is 2.39. The molecule has 14 heavy (non-hydrogen) atoms. The molecular formula is C10H12O4. The minimum absolute atomic E-state index is 0.225. The van der Waals surface area contributed by atoms with Gasteiger partial charge in [0, 0.05) is 5.41 Å². The summed E-state index contributed by atoms with van der Waals surface area (Å²) in [6.07, 6.45) is 1.70. The Morgan fingerprint density at radius 2 is 2.14 bits per heavy atom. The van der Waals surface area contributed by atoms with Crippen LogP contribution in [0.25, 0.3) is 0 Å². The highest BCUT2D eigenvalue weighted by Gasteiger charge is 2.63. The van der Waals surface area contributed by atoms with Gasteiger partial charge in [0.2, 0.25) is 0 Å². The third-order valence-electron chi connectivity index (χ3n) is 3.55. The van der Waals surface area contributed by atoms with Gasteiger partial charge in [0.15, 0.2) is 5.78 Å². The topological polar surface area (TPSA) is 63.6 Å². The molecule has 4 heteroatoms. The maximum absolute atomic E-state index is 11.5. The minimum atomic E-state index is -1.28. The fourth-order valence-corrected chi connectivity index (χ4v) is 2.04. The normalized spacial score (nSPS) is 46.4. The molecule has 4 nitrogen and oxygen atoms in total. The lowest BCUT2D eigenvalue weighted by Gasteiger charge is -2.39. The average molecular weight is 196 g/mol. The summed E-state index contributed by atoms with van der Waals surface area (Å²) in [5, 5.41) is 9.74. The van der Waals surface area contributed by atoms with E-state index in [-0.39, 0.29) is 6.61 Å². The number of fused-ring (bicyclic) bond motifs is 1. The molecule has 0 saturated carbocycles. The molecule has 0 amide bonds. The number of ether oxygens (including phenoxy) is 1. The quantitative estimate of drug-likeness (QED) is 0.556. The van der Waals surface area contributed by atoms with Crippen LogP contribution in [-0.2, 0) is 14.3 Å². The van der Waals surface area contributed by atoms with Crippen molar-refractivity contribution in [3.8, 4) is 0 Å². The van der Waals surface area contributed by atoms with Gasteiger partial charge in [-0.25, -0.2) is 0 Å². The number of ketones is 1. The summed E-state index contributed by atoms with van der Waals surface area (Å²) in [4.78, 5) is 22.8. The summed E-state index contributed by atoms with van der Waals surface area (Å²) in [6.45, 7) is 3.61. The van der Waals surface area contributed by atoms with Gasteiger partial charge >= 0.3 is 5.97 Å². The van der Waals surface area contributed by atoms with Crippen LogP contribution < -0.4 is 0 Å². The van der Waals surface area contributed by atoms with Gasteiger partial charge in [0.05, 0.1) is 0 Å². The second kappa shape index (κ2) is 2.45. The zero-order chi connectivity index (χ0) is 10.6. The summed E-state index contributed by atoms with van der Waals surface area (Å²) >= 11 is 0. The van der Waals surface area contributed by atoms with Crippen LogP contribution in [0.5, 0.6) is 0 Å². The second-order valence-corrected chi connectivity index (χ2v) is 4.33. The minimum Gasteiger partial charge on any atom is -0.464 e. The number of carbonyl (C=O) groups is 2. The lowest BCUT2D eigenvalue weighted by Crippen LogP contribution is -2.52. The van der Waals surface area contributed by atoms with E-state index < -0.39 is 28.7 Å². The Bertz CT molecular complexity index is 346. The third kappa shape index (κ3) is 0.817. The SMILES string of the molecule is CC12C=CC(=O)C(O)C1(C)C(=O)OC2. The number of hydrogen-bond donors (Lipinski definition) is 1. The molecule has 0 spiro atoms. The molecule has 0 bridgehead atoms. The molecule has 76 valence electrons. The summed E-state index contributed by atoms with van der Waals surface area (Å²) in [5.74, 6) is -0.922. The first kappa shape index (κ1) is 9.40. The van der Waals surface area contributed by atoms with Crippen molar-refractivity contribution in [3.05, 3.63) is 12.2 Å². The van der Waals surface area contributed by atoms with E-state index in [4.69, 9.17) is 4.74 Å². The van der Waals surface area contributed by atoms with Crippen LogP contribution in [0.2, 0.25) is 0 Å². The molecule has 1 aliphatic carbocycles. The summed E-state index contributed by atoms with van der Waals surface area (Å²) in [6, 6.07) is 0. The first-order valence-electron chi connectivity index (χ1n) is 4.50. The first-order chi connectivity index (χ1) is 6.42. The Kier molecular flexibility index (Phi) is 1.64. The van der Waals surface area contributed by atoms with Gasteiger partial charge in [-0.05, 0) is 13.0 Å². The number of hydrogen-bond acceptors (Lipinski definition) is 4. The van der Waals surface area contributed by atoms with E-state index in [1.165, 1.54) is 6.08 Å². The molecule has 0 aromatic rings. The highest BCUT2D eigenvalue weighted by molar-refractivity contribution is 6.00. The Morgan fingerprint density at radius 1 is 1.50 bits per heavy atom. The molecule has 3 unspecified atom stereocenters. The Morgan fingerprint density at radius 3 is 2.79 bits per heavy atom. The maximum Gasteiger partial charge on any atom is 0.315 e. The van der Waals surface area contributed by atoms with E-state index in [2.05, 4.69) is 0 Å². The highest BCUT2D eigenvalue weighted by atomic mass is 16.5. The third-order valence-corrected chi connectivity index (χ3v) is 3.55. The predicted octanol–water partition coefficient (Wildman–Crippen LogP) is 0.0556. The van der Waals surface area contributed by atoms with E-state index in [0.717, 1.165) is 0 Å². The summed E-state index contributed by atoms with van der Waals surface area (Å²) in [5.41, 5.74) is -1.70. The zero-order valence-electron chi connectivity index (χ0n) is 8.11. The molecule has 1 aliphatic heterocycles. The standard InChI is InChI=1S/C10H12O4/c1-9-4-3-6(11)7(12)10(9,2)8(13)14-5-9/h3-4,7,12H,5H2,1-2H3. The molecular weight excluding hydrogens is 184 g/mol. The molecule has 3 atom stereocenters. The fraction of sp³-hybridized carbons (Fsp3) is 0.600. The highest BCUT2D eigenvalue weighted by Crippen LogP contribution is 2.51. The molecule has 2 rings (SSSR count). The molecule has 1 heterocycles. The van der Waals surface area contributed by atoms with Crippen molar-refractivity contribution in [2.45, 2.75) is 20.0 Å². The predicted molar refractivity (Wildman–Crippen MR) is 47.3 cm³/mol. The van der Waals surface area contributed by atoms with Crippen molar-refractivity contribution in [1.82, 2.24) is 0 Å². The van der Waals surface area contributed by atoms with E-state index >= 15 is 0 Å². The van der Waals surface area contributed by atoms with Gasteiger partial charge in [-0.2, -0.15) is 0 Å². The fourth-order valence-electron chi connectivity index (χ4n) is 2.04. The van der Waals surface area contributed by atoms with Gasteiger partial charge < -0.3 is 9.84 Å². The number of aliphatic hydroxyl groups excluding tert-OH is 1. The lowest BCUT2D eigenvalue weighted by molar-refractivity contribution is -0.157. The number of esters is 1. The maximum atomic E-state index is 11.5. The van der Waals surface area contributed by atoms with E-state index in [1.54, 1.807) is 13.0 Å². The van der Waals surface area contributed by atoms with Crippen LogP contribution in [0.1, 0.15) is 13.8 Å². The van der Waals surface area contributed by atoms with Crippen molar-refractivity contribution >= 4 is 11.8 Å². The van der Waals surface area contributed by atoms with Gasteiger partial charge in [-0.15, -0.1) is 0 Å². The molecule has 1 fully saturated rings. The molecule has 2 aliphatic rings. The summed E-state index contributed by atoms with van der Waals surface area (Å²) < 4.78 is 4.92. The largest absolute Gasteiger partial charge is 0.464 e. The number of cyclic esters (lactones) is 1. The molecule has 1 saturated heterocycles. The van der Waals surface area contributed by atoms with Crippen molar-refractivity contribution in [3.63, 3.8) is 0 Å². The van der Waals surface area contributed by atoms with Crippen LogP contribution in [0.15, 0.2) is 12.2 Å². The van der Waals surface area contributed by atoms with Crippen LogP contribution in [0.4, 0.5) is 0 Å². The van der Waals surface area contributed by atoms with Crippen molar-refractivity contribution in [1.29, 1.82) is 0 Å². The van der Waals surface area contributed by atoms with E-state index in [1.807, 2.05) is 6.92 Å². The monoisotopic (exact) mass is 196 g/mol. The van der Waals surface area contributed by atoms with Crippen LogP contribution in [0, 0.1) is 10.8 Å². The van der Waals surface area contributed by atoms with Crippen LogP contribution in [0.3, 0.4) is 0 Å². The molecule has 0 aromatic carbocycles. The van der Waals surface area contributed by atoms with Gasteiger partial charge in [-0.1, -0.05) is 13.0 Å². The molecule has 0 radical (unpaired) electrons. The summed E-state index contributed by atoms with van der Waals surface area (Å²) in [7, 11) is 0. The van der Waals surface area contributed by atoms with Crippen LogP contribution >= 0.6 is 0 Å². The van der Waals surface area contributed by atoms with Crippen molar-refractivity contribution < 1.29 is 19.4 Å². The first-order valence-corrected chi connectivity index (χ1v) is 4.50. The number of rotatable bonds is 0. The van der Waals surface area contributed by atoms with Crippen molar-refractivity contribution in [2.75, 3.05) is 6.61 Å². The Balaban J connectivity index is 2.58. The Hall–Kier alpha value is -1.16. The van der Waals surface area contributed by atoms with Gasteiger partial charge in [-0.3, -0.25) is 9.59 Å². The Labute approximate surface area is 81.6 Å². The number of carbonyl (C=O) groups excluding carboxylic acids is 2. The van der Waals surface area contributed by atoms with Gasteiger partial charge in [0.1, 0.15) is 18.1 Å². The molecule has 0 aromatic heterocycles. The zero-order valence-corrected chi connectivity index (χ0v) is 8.11. The second-order valence-electron chi connectivity index (χ2n) is 4.33. The van der Waals surface area contributed by atoms with Crippen LogP contribution in [-0.4, -0.2) is 29.6 Å². The van der Waals surface area contributed by atoms with Gasteiger partial charge in [0.25, 0.3) is 0 Å². The van der Waals surface area contributed by atoms with E-state index in [0.29, 0.717) is 0 Å². The molecule has 1 N–H and O–H groups in total. The van der Waals surface area contributed by atoms with Crippen molar-refractivity contribution in [2.24, 2.45) is 10.8 Å².